The van der Waals surface area contributed by atoms with Gasteiger partial charge in [0.15, 0.2) is 0 Å². The third-order valence-corrected chi connectivity index (χ3v) is 5.78. The van der Waals surface area contributed by atoms with Crippen LogP contribution >= 0.6 is 11.3 Å². The number of thiophene rings is 1. The van der Waals surface area contributed by atoms with Gasteiger partial charge in [-0.1, -0.05) is 18.1 Å². The summed E-state index contributed by atoms with van der Waals surface area (Å²) in [5.74, 6) is 0.712. The molecule has 2 heteroatoms. The molecule has 3 rings (SSSR count). The second-order valence-electron chi connectivity index (χ2n) is 5.94. The Hall–Kier alpha value is -0.600. The van der Waals surface area contributed by atoms with Crippen LogP contribution in [0.1, 0.15) is 61.3 Å². The molecule has 19 heavy (non-hydrogen) atoms. The van der Waals surface area contributed by atoms with Crippen molar-refractivity contribution in [1.29, 1.82) is 0 Å². The SMILES string of the molecule is CNC(C1=CCCCCC1)C1CCCc2sccc21. The van der Waals surface area contributed by atoms with Gasteiger partial charge < -0.3 is 5.32 Å². The summed E-state index contributed by atoms with van der Waals surface area (Å²) in [4.78, 5) is 1.64. The molecule has 0 radical (unpaired) electrons. The summed E-state index contributed by atoms with van der Waals surface area (Å²) < 4.78 is 0. The van der Waals surface area contributed by atoms with Gasteiger partial charge in [0.1, 0.15) is 0 Å². The van der Waals surface area contributed by atoms with Crippen LogP contribution in [0.25, 0.3) is 0 Å². The lowest BCUT2D eigenvalue weighted by Gasteiger charge is -2.32. The fraction of sp³-hybridized carbons (Fsp3) is 0.647. The zero-order valence-electron chi connectivity index (χ0n) is 12.0. The second kappa shape index (κ2) is 6.23. The summed E-state index contributed by atoms with van der Waals surface area (Å²) in [5.41, 5.74) is 3.32. The van der Waals surface area contributed by atoms with Crippen molar-refractivity contribution >= 4 is 11.3 Å². The van der Waals surface area contributed by atoms with Crippen molar-refractivity contribution in [2.24, 2.45) is 0 Å². The summed E-state index contributed by atoms with van der Waals surface area (Å²) in [5, 5.41) is 5.93. The Labute approximate surface area is 121 Å². The van der Waals surface area contributed by atoms with Crippen molar-refractivity contribution in [1.82, 2.24) is 5.32 Å². The summed E-state index contributed by atoms with van der Waals surface area (Å²) in [6.07, 6.45) is 13.3. The molecule has 0 spiro atoms. The number of hydrogen-bond acceptors (Lipinski definition) is 2. The largest absolute Gasteiger partial charge is 0.313 e. The average molecular weight is 275 g/mol. The zero-order valence-corrected chi connectivity index (χ0v) is 12.8. The molecule has 2 aliphatic rings. The molecular formula is C17H25NS. The van der Waals surface area contributed by atoms with Gasteiger partial charge in [0.25, 0.3) is 0 Å². The van der Waals surface area contributed by atoms with Crippen LogP contribution in [-0.2, 0) is 6.42 Å². The molecule has 0 aliphatic heterocycles. The van der Waals surface area contributed by atoms with Gasteiger partial charge in [-0.3, -0.25) is 0 Å². The monoisotopic (exact) mass is 275 g/mol. The van der Waals surface area contributed by atoms with Crippen LogP contribution in [0.3, 0.4) is 0 Å². The third-order valence-electron chi connectivity index (χ3n) is 4.79. The third kappa shape index (κ3) is 2.80. The molecule has 0 amide bonds. The Bertz CT molecular complexity index is 446. The molecule has 1 N–H and O–H groups in total. The minimum Gasteiger partial charge on any atom is -0.313 e. The van der Waals surface area contributed by atoms with Crippen molar-refractivity contribution < 1.29 is 0 Å². The Morgan fingerprint density at radius 3 is 3.05 bits per heavy atom. The highest BCUT2D eigenvalue weighted by molar-refractivity contribution is 7.10. The van der Waals surface area contributed by atoms with Crippen LogP contribution in [0.5, 0.6) is 0 Å². The van der Waals surface area contributed by atoms with Crippen LogP contribution in [0.4, 0.5) is 0 Å². The molecular weight excluding hydrogens is 250 g/mol. The summed E-state index contributed by atoms with van der Waals surface area (Å²) in [7, 11) is 2.15. The maximum absolute atomic E-state index is 3.64. The van der Waals surface area contributed by atoms with Gasteiger partial charge >= 0.3 is 0 Å². The number of fused-ring (bicyclic) bond motifs is 1. The lowest BCUT2D eigenvalue weighted by Crippen LogP contribution is -2.35. The maximum Gasteiger partial charge on any atom is 0.0346 e. The summed E-state index contributed by atoms with van der Waals surface area (Å²) >= 11 is 1.96. The predicted octanol–water partition coefficient (Wildman–Crippen LogP) is 4.65. The molecule has 2 atom stereocenters. The average Bonchev–Trinajstić information content (AvgIpc) is 2.76. The zero-order chi connectivity index (χ0) is 13.1. The summed E-state index contributed by atoms with van der Waals surface area (Å²) in [6, 6.07) is 2.96. The van der Waals surface area contributed by atoms with E-state index < -0.39 is 0 Å². The van der Waals surface area contributed by atoms with Crippen molar-refractivity contribution in [2.45, 2.75) is 63.3 Å². The van der Waals surface area contributed by atoms with Crippen LogP contribution in [0, 0.1) is 0 Å². The Morgan fingerprint density at radius 1 is 1.21 bits per heavy atom. The molecule has 0 saturated heterocycles. The number of hydrogen-bond donors (Lipinski definition) is 1. The normalized spacial score (nSPS) is 25.3. The predicted molar refractivity (Wildman–Crippen MR) is 84.0 cm³/mol. The minimum atomic E-state index is 0.576. The van der Waals surface area contributed by atoms with E-state index in [1.165, 1.54) is 51.4 Å². The van der Waals surface area contributed by atoms with Gasteiger partial charge in [0.05, 0.1) is 0 Å². The van der Waals surface area contributed by atoms with E-state index in [-0.39, 0.29) is 0 Å². The van der Waals surface area contributed by atoms with E-state index in [4.69, 9.17) is 0 Å². The first-order chi connectivity index (χ1) is 9.40. The van der Waals surface area contributed by atoms with E-state index in [1.807, 2.05) is 11.3 Å². The number of rotatable bonds is 3. The first-order valence-electron chi connectivity index (χ1n) is 7.82. The van der Waals surface area contributed by atoms with Gasteiger partial charge in [-0.25, -0.2) is 0 Å². The smallest absolute Gasteiger partial charge is 0.0346 e. The summed E-state index contributed by atoms with van der Waals surface area (Å²) in [6.45, 7) is 0. The highest BCUT2D eigenvalue weighted by Crippen LogP contribution is 2.39. The fourth-order valence-electron chi connectivity index (χ4n) is 3.84. The highest BCUT2D eigenvalue weighted by atomic mass is 32.1. The molecule has 1 heterocycles. The highest BCUT2D eigenvalue weighted by Gasteiger charge is 2.29. The van der Waals surface area contributed by atoms with E-state index >= 15 is 0 Å². The first kappa shape index (κ1) is 13.4. The van der Waals surface area contributed by atoms with E-state index in [0.717, 1.165) is 0 Å². The van der Waals surface area contributed by atoms with Crippen LogP contribution in [0.2, 0.25) is 0 Å². The standard InChI is InChI=1S/C17H25NS/c1-18-17(13-7-4-2-3-5-8-13)15-9-6-10-16-14(15)11-12-19-16/h7,11-12,15,17-18H,2-6,8-10H2,1H3. The number of nitrogens with one attached hydrogen (secondary N) is 1. The molecule has 0 saturated carbocycles. The van der Waals surface area contributed by atoms with E-state index in [0.29, 0.717) is 12.0 Å². The molecule has 0 bridgehead atoms. The quantitative estimate of drug-likeness (QED) is 0.792. The Kier molecular flexibility index (Phi) is 4.39. The van der Waals surface area contributed by atoms with Crippen molar-refractivity contribution in [2.75, 3.05) is 7.05 Å². The molecule has 0 aromatic carbocycles. The van der Waals surface area contributed by atoms with Gasteiger partial charge in [0.2, 0.25) is 0 Å². The van der Waals surface area contributed by atoms with Gasteiger partial charge in [0, 0.05) is 16.8 Å². The molecule has 2 aliphatic carbocycles. The lowest BCUT2D eigenvalue weighted by molar-refractivity contribution is 0.446. The molecule has 1 nitrogen and oxygen atoms in total. The molecule has 1 aromatic rings. The van der Waals surface area contributed by atoms with Crippen molar-refractivity contribution in [3.8, 4) is 0 Å². The molecule has 0 fully saturated rings. The number of likely N-dealkylation sites (N-methyl/N-ethyl adjacent to an activating group) is 1. The molecule has 104 valence electrons. The van der Waals surface area contributed by atoms with Crippen molar-refractivity contribution in [3.63, 3.8) is 0 Å². The second-order valence-corrected chi connectivity index (χ2v) is 6.94. The number of aryl methyl sites for hydroxylation is 1. The molecule has 2 unspecified atom stereocenters. The van der Waals surface area contributed by atoms with Crippen molar-refractivity contribution in [3.05, 3.63) is 33.5 Å². The van der Waals surface area contributed by atoms with E-state index in [9.17, 15) is 0 Å². The van der Waals surface area contributed by atoms with Gasteiger partial charge in [-0.15, -0.1) is 11.3 Å². The first-order valence-corrected chi connectivity index (χ1v) is 8.70. The lowest BCUT2D eigenvalue weighted by atomic mass is 9.79. The minimum absolute atomic E-state index is 0.576. The molecule has 1 aromatic heterocycles. The maximum atomic E-state index is 3.64. The van der Waals surface area contributed by atoms with Crippen LogP contribution in [0.15, 0.2) is 23.1 Å². The topological polar surface area (TPSA) is 12.0 Å². The van der Waals surface area contributed by atoms with Gasteiger partial charge in [-0.2, -0.15) is 0 Å². The van der Waals surface area contributed by atoms with Gasteiger partial charge in [-0.05, 0) is 69.0 Å². The Morgan fingerprint density at radius 2 is 2.16 bits per heavy atom. The fourth-order valence-corrected chi connectivity index (χ4v) is 4.83. The van der Waals surface area contributed by atoms with Crippen LogP contribution < -0.4 is 5.32 Å². The Balaban J connectivity index is 1.85. The number of allylic oxidation sites excluding steroid dienone is 1. The van der Waals surface area contributed by atoms with Crippen LogP contribution in [-0.4, -0.2) is 13.1 Å². The van der Waals surface area contributed by atoms with E-state index in [1.54, 1.807) is 16.0 Å². The van der Waals surface area contributed by atoms with E-state index in [2.05, 4.69) is 29.9 Å².